The Morgan fingerprint density at radius 2 is 2.00 bits per heavy atom. The molecule has 4 atom stereocenters. The molecule has 1 fully saturated rings. The second-order valence-corrected chi connectivity index (χ2v) is 3.85. The molecule has 0 bridgehead atoms. The lowest BCUT2D eigenvalue weighted by molar-refractivity contribution is -0.0579. The maximum atomic E-state index is 13.0. The fraction of sp³-hybridized carbons (Fsp3) is 0.556. The highest BCUT2D eigenvalue weighted by atomic mass is 19.2. The number of hydrogen-bond acceptors (Lipinski definition) is 6. The minimum absolute atomic E-state index is 0.337. The molecule has 8 nitrogen and oxygen atoms in total. The molecule has 1 aliphatic heterocycles. The fourth-order valence-corrected chi connectivity index (χ4v) is 1.80. The van der Waals surface area contributed by atoms with Crippen LogP contribution in [0.25, 0.3) is 0 Å². The van der Waals surface area contributed by atoms with Crippen LogP contribution in [0.3, 0.4) is 0 Å². The van der Waals surface area contributed by atoms with Crippen molar-refractivity contribution in [2.24, 2.45) is 0 Å². The largest absolute Gasteiger partial charge is 0.394 e. The summed E-state index contributed by atoms with van der Waals surface area (Å²) in [6.07, 6.45) is -5.15. The van der Waals surface area contributed by atoms with Crippen molar-refractivity contribution in [3.63, 3.8) is 0 Å². The van der Waals surface area contributed by atoms with Crippen LogP contribution >= 0.6 is 0 Å². The predicted octanol–water partition coefficient (Wildman–Crippen LogP) is -2.65. The standard InChI is InChI=1S/C9H11FN2O6/c10-11-2-1-5(14)12(9(11)17)8-7(16)6(15)4(3-13)18-8/h1-2,4,6-8,13,15-16H,3H2/t4-,6+,7-,8?/m1/s1. The molecule has 1 saturated heterocycles. The van der Waals surface area contributed by atoms with Crippen molar-refractivity contribution in [1.29, 1.82) is 0 Å². The maximum Gasteiger partial charge on any atom is 0.361 e. The van der Waals surface area contributed by atoms with Gasteiger partial charge in [-0.15, -0.1) is 4.79 Å². The first-order chi connectivity index (χ1) is 8.47. The molecule has 0 aromatic carbocycles. The van der Waals surface area contributed by atoms with E-state index in [1.54, 1.807) is 0 Å². The Hall–Kier alpha value is -1.55. The Kier molecular flexibility index (Phi) is 3.30. The zero-order valence-corrected chi connectivity index (χ0v) is 9.01. The van der Waals surface area contributed by atoms with Gasteiger partial charge in [0.05, 0.1) is 6.61 Å². The number of halogens is 1. The summed E-state index contributed by atoms with van der Waals surface area (Å²) in [6.45, 7) is -0.611. The molecular weight excluding hydrogens is 251 g/mol. The number of hydrogen-bond donors (Lipinski definition) is 3. The minimum Gasteiger partial charge on any atom is -0.394 e. The topological polar surface area (TPSA) is 114 Å². The average molecular weight is 262 g/mol. The van der Waals surface area contributed by atoms with E-state index in [1.165, 1.54) is 0 Å². The molecule has 2 heterocycles. The average Bonchev–Trinajstić information content (AvgIpc) is 2.62. The van der Waals surface area contributed by atoms with E-state index in [-0.39, 0.29) is 4.79 Å². The molecule has 1 unspecified atom stereocenters. The van der Waals surface area contributed by atoms with Crippen LogP contribution in [-0.2, 0) is 4.74 Å². The van der Waals surface area contributed by atoms with E-state index in [0.29, 0.717) is 10.8 Å². The Morgan fingerprint density at radius 1 is 1.33 bits per heavy atom. The third-order valence-electron chi connectivity index (χ3n) is 2.75. The Morgan fingerprint density at radius 3 is 2.56 bits per heavy atom. The summed E-state index contributed by atoms with van der Waals surface area (Å²) in [5.41, 5.74) is -2.22. The predicted molar refractivity (Wildman–Crippen MR) is 54.5 cm³/mol. The summed E-state index contributed by atoms with van der Waals surface area (Å²) in [7, 11) is 0. The van der Waals surface area contributed by atoms with Crippen LogP contribution in [0.15, 0.2) is 21.9 Å². The van der Waals surface area contributed by atoms with E-state index in [0.717, 1.165) is 6.07 Å². The highest BCUT2D eigenvalue weighted by Crippen LogP contribution is 2.27. The van der Waals surface area contributed by atoms with Crippen LogP contribution in [0.1, 0.15) is 6.23 Å². The lowest BCUT2D eigenvalue weighted by Crippen LogP contribution is -2.43. The summed E-state index contributed by atoms with van der Waals surface area (Å²) in [6, 6.07) is 0.774. The third-order valence-corrected chi connectivity index (χ3v) is 2.75. The van der Waals surface area contributed by atoms with Gasteiger partial charge in [0, 0.05) is 12.3 Å². The van der Waals surface area contributed by atoms with Crippen LogP contribution in [0.2, 0.25) is 0 Å². The summed E-state index contributed by atoms with van der Waals surface area (Å²) in [5, 5.41) is 28.0. The molecule has 1 aromatic rings. The van der Waals surface area contributed by atoms with Crippen molar-refractivity contribution in [1.82, 2.24) is 9.36 Å². The summed E-state index contributed by atoms with van der Waals surface area (Å²) >= 11 is 0. The van der Waals surface area contributed by atoms with Gasteiger partial charge in [-0.25, -0.2) is 9.36 Å². The van der Waals surface area contributed by atoms with E-state index < -0.39 is 42.4 Å². The van der Waals surface area contributed by atoms with Crippen molar-refractivity contribution in [2.45, 2.75) is 24.5 Å². The first-order valence-corrected chi connectivity index (χ1v) is 5.10. The molecule has 1 aliphatic rings. The molecule has 0 amide bonds. The highest BCUT2D eigenvalue weighted by Gasteiger charge is 2.44. The number of aromatic nitrogens is 2. The van der Waals surface area contributed by atoms with Crippen LogP contribution in [0.5, 0.6) is 0 Å². The van der Waals surface area contributed by atoms with Gasteiger partial charge in [0.2, 0.25) is 0 Å². The molecule has 0 aliphatic carbocycles. The van der Waals surface area contributed by atoms with Gasteiger partial charge in [-0.05, 0) is 0 Å². The van der Waals surface area contributed by atoms with Gasteiger partial charge >= 0.3 is 5.69 Å². The molecular formula is C9H11FN2O6. The first kappa shape index (κ1) is 12.9. The van der Waals surface area contributed by atoms with Crippen molar-refractivity contribution in [3.8, 4) is 0 Å². The van der Waals surface area contributed by atoms with Crippen LogP contribution in [0, 0.1) is 0 Å². The quantitative estimate of drug-likeness (QED) is 0.536. The number of ether oxygens (including phenoxy) is 1. The van der Waals surface area contributed by atoms with Gasteiger partial charge < -0.3 is 20.1 Å². The lowest BCUT2D eigenvalue weighted by atomic mass is 10.1. The summed E-state index contributed by atoms with van der Waals surface area (Å²) in [4.78, 5) is 22.6. The van der Waals surface area contributed by atoms with Crippen LogP contribution in [-0.4, -0.2) is 49.6 Å². The minimum atomic E-state index is -1.62. The molecule has 2 rings (SSSR count). The van der Waals surface area contributed by atoms with E-state index >= 15 is 0 Å². The molecule has 9 heteroatoms. The fourth-order valence-electron chi connectivity index (χ4n) is 1.80. The smallest absolute Gasteiger partial charge is 0.361 e. The van der Waals surface area contributed by atoms with Crippen molar-refractivity contribution >= 4 is 0 Å². The second-order valence-electron chi connectivity index (χ2n) is 3.85. The van der Waals surface area contributed by atoms with Gasteiger partial charge in [-0.3, -0.25) is 4.79 Å². The molecule has 18 heavy (non-hydrogen) atoms. The van der Waals surface area contributed by atoms with E-state index in [9.17, 15) is 24.3 Å². The molecule has 0 saturated carbocycles. The van der Waals surface area contributed by atoms with E-state index in [1.807, 2.05) is 0 Å². The first-order valence-electron chi connectivity index (χ1n) is 5.10. The van der Waals surface area contributed by atoms with Crippen molar-refractivity contribution in [3.05, 3.63) is 33.1 Å². The molecule has 3 N–H and O–H groups in total. The second kappa shape index (κ2) is 4.61. The summed E-state index contributed by atoms with van der Waals surface area (Å²) in [5.74, 6) is 0. The van der Waals surface area contributed by atoms with Gasteiger partial charge in [0.25, 0.3) is 5.56 Å². The zero-order chi connectivity index (χ0) is 13.4. The molecule has 1 aromatic heterocycles. The van der Waals surface area contributed by atoms with Gasteiger partial charge in [0.1, 0.15) is 18.3 Å². The highest BCUT2D eigenvalue weighted by molar-refractivity contribution is 4.93. The third kappa shape index (κ3) is 1.86. The SMILES string of the molecule is O=c1ccn(F)c(=O)n1C1O[C@H](CO)[C@H](O)[C@H]1O. The number of nitrogens with zero attached hydrogens (tertiary/aromatic N) is 2. The van der Waals surface area contributed by atoms with E-state index in [2.05, 4.69) is 0 Å². The van der Waals surface area contributed by atoms with Crippen molar-refractivity contribution in [2.75, 3.05) is 6.61 Å². The van der Waals surface area contributed by atoms with Crippen molar-refractivity contribution < 1.29 is 24.5 Å². The summed E-state index contributed by atoms with van der Waals surface area (Å²) < 4.78 is 18.3. The normalized spacial score (nSPS) is 31.8. The van der Waals surface area contributed by atoms with Crippen LogP contribution < -0.4 is 11.2 Å². The lowest BCUT2D eigenvalue weighted by Gasteiger charge is -2.16. The molecule has 100 valence electrons. The van der Waals surface area contributed by atoms with Crippen LogP contribution in [0.4, 0.5) is 4.48 Å². The Labute approximate surface area is 99.0 Å². The van der Waals surface area contributed by atoms with Gasteiger partial charge in [-0.2, -0.15) is 0 Å². The van der Waals surface area contributed by atoms with Gasteiger partial charge in [0.15, 0.2) is 6.23 Å². The number of aliphatic hydroxyl groups excluding tert-OH is 3. The van der Waals surface area contributed by atoms with Gasteiger partial charge in [-0.1, -0.05) is 4.48 Å². The molecule has 0 radical (unpaired) electrons. The van der Waals surface area contributed by atoms with E-state index in [4.69, 9.17) is 9.84 Å². The monoisotopic (exact) mass is 262 g/mol. The number of aliphatic hydroxyl groups is 3. The molecule has 0 spiro atoms. The Balaban J connectivity index is 2.48. The zero-order valence-electron chi connectivity index (χ0n) is 9.01. The maximum absolute atomic E-state index is 13.0. The Bertz CT molecular complexity index is 555. The number of rotatable bonds is 2.